The van der Waals surface area contributed by atoms with Crippen molar-refractivity contribution in [3.8, 4) is 0 Å². The standard InChI is InChI=1S/C16H24N2O/c1-12-8-9-15(18-13(2)19)10-16(12)17-11-14-6-4-3-5-7-14/h8-10,14,17H,3-7,11H2,1-2H3,(H,18,19). The number of amides is 1. The number of rotatable bonds is 4. The topological polar surface area (TPSA) is 41.1 Å². The Morgan fingerprint density at radius 1 is 1.26 bits per heavy atom. The maximum Gasteiger partial charge on any atom is 0.221 e. The van der Waals surface area contributed by atoms with Crippen molar-refractivity contribution in [2.24, 2.45) is 5.92 Å². The van der Waals surface area contributed by atoms with Gasteiger partial charge in [0, 0.05) is 24.8 Å². The van der Waals surface area contributed by atoms with E-state index in [0.717, 1.165) is 23.8 Å². The molecule has 0 saturated heterocycles. The Labute approximate surface area is 115 Å². The van der Waals surface area contributed by atoms with Crippen molar-refractivity contribution in [3.05, 3.63) is 23.8 Å². The average Bonchev–Trinajstić information content (AvgIpc) is 2.40. The molecule has 0 radical (unpaired) electrons. The van der Waals surface area contributed by atoms with Gasteiger partial charge >= 0.3 is 0 Å². The lowest BCUT2D eigenvalue weighted by Gasteiger charge is -2.23. The summed E-state index contributed by atoms with van der Waals surface area (Å²) in [4.78, 5) is 11.1. The van der Waals surface area contributed by atoms with Crippen molar-refractivity contribution in [2.75, 3.05) is 17.2 Å². The van der Waals surface area contributed by atoms with Gasteiger partial charge < -0.3 is 10.6 Å². The first kappa shape index (κ1) is 13.9. The highest BCUT2D eigenvalue weighted by Crippen LogP contribution is 2.25. The lowest BCUT2D eigenvalue weighted by molar-refractivity contribution is -0.114. The lowest BCUT2D eigenvalue weighted by atomic mass is 9.89. The summed E-state index contributed by atoms with van der Waals surface area (Å²) in [5.74, 6) is 0.777. The van der Waals surface area contributed by atoms with E-state index >= 15 is 0 Å². The summed E-state index contributed by atoms with van der Waals surface area (Å²) >= 11 is 0. The van der Waals surface area contributed by atoms with Crippen molar-refractivity contribution in [1.29, 1.82) is 0 Å². The minimum absolute atomic E-state index is 0.0258. The van der Waals surface area contributed by atoms with Crippen LogP contribution in [-0.2, 0) is 4.79 Å². The molecule has 1 aliphatic rings. The fraction of sp³-hybridized carbons (Fsp3) is 0.562. The van der Waals surface area contributed by atoms with Crippen LogP contribution in [0.5, 0.6) is 0 Å². The molecular formula is C16H24N2O. The summed E-state index contributed by atoms with van der Waals surface area (Å²) in [6.07, 6.45) is 6.83. The van der Waals surface area contributed by atoms with Crippen LogP contribution in [0.15, 0.2) is 18.2 Å². The minimum Gasteiger partial charge on any atom is -0.384 e. The highest BCUT2D eigenvalue weighted by atomic mass is 16.1. The first-order valence-corrected chi connectivity index (χ1v) is 7.27. The fourth-order valence-corrected chi connectivity index (χ4v) is 2.74. The van der Waals surface area contributed by atoms with E-state index in [9.17, 15) is 4.79 Å². The molecule has 1 aromatic rings. The predicted octanol–water partition coefficient (Wildman–Crippen LogP) is 3.95. The Morgan fingerprint density at radius 3 is 2.68 bits per heavy atom. The van der Waals surface area contributed by atoms with E-state index in [-0.39, 0.29) is 5.91 Å². The zero-order chi connectivity index (χ0) is 13.7. The van der Waals surface area contributed by atoms with Crippen LogP contribution in [0.4, 0.5) is 11.4 Å². The molecule has 19 heavy (non-hydrogen) atoms. The van der Waals surface area contributed by atoms with E-state index < -0.39 is 0 Å². The van der Waals surface area contributed by atoms with Crippen molar-refractivity contribution in [3.63, 3.8) is 0 Å². The average molecular weight is 260 g/mol. The van der Waals surface area contributed by atoms with Gasteiger partial charge in [-0.05, 0) is 43.4 Å². The monoisotopic (exact) mass is 260 g/mol. The van der Waals surface area contributed by atoms with Gasteiger partial charge in [0.25, 0.3) is 0 Å². The molecule has 2 N–H and O–H groups in total. The summed E-state index contributed by atoms with van der Waals surface area (Å²) in [6.45, 7) is 4.68. The Hall–Kier alpha value is -1.51. The molecule has 0 unspecified atom stereocenters. The highest BCUT2D eigenvalue weighted by Gasteiger charge is 2.13. The van der Waals surface area contributed by atoms with Crippen LogP contribution >= 0.6 is 0 Å². The molecule has 1 saturated carbocycles. The van der Waals surface area contributed by atoms with Gasteiger partial charge in [0.15, 0.2) is 0 Å². The molecule has 3 heteroatoms. The number of anilines is 2. The molecule has 1 amide bonds. The van der Waals surface area contributed by atoms with Crippen LogP contribution < -0.4 is 10.6 Å². The molecule has 0 heterocycles. The zero-order valence-electron chi connectivity index (χ0n) is 12.0. The normalized spacial score (nSPS) is 16.1. The number of benzene rings is 1. The van der Waals surface area contributed by atoms with Crippen molar-refractivity contribution in [1.82, 2.24) is 0 Å². The van der Waals surface area contributed by atoms with Gasteiger partial charge in [-0.3, -0.25) is 4.79 Å². The smallest absolute Gasteiger partial charge is 0.221 e. The number of aryl methyl sites for hydroxylation is 1. The van der Waals surface area contributed by atoms with Crippen LogP contribution in [0.25, 0.3) is 0 Å². The summed E-state index contributed by atoms with van der Waals surface area (Å²) < 4.78 is 0. The second kappa shape index (κ2) is 6.60. The van der Waals surface area contributed by atoms with Gasteiger partial charge in [-0.2, -0.15) is 0 Å². The summed E-state index contributed by atoms with van der Waals surface area (Å²) in [6, 6.07) is 6.02. The molecule has 104 valence electrons. The molecule has 0 spiro atoms. The van der Waals surface area contributed by atoms with Gasteiger partial charge in [0.2, 0.25) is 5.91 Å². The first-order chi connectivity index (χ1) is 9.15. The Kier molecular flexibility index (Phi) is 4.83. The van der Waals surface area contributed by atoms with Gasteiger partial charge in [0.05, 0.1) is 0 Å². The summed E-state index contributed by atoms with van der Waals surface area (Å²) in [5, 5.41) is 6.38. The Morgan fingerprint density at radius 2 is 2.00 bits per heavy atom. The SMILES string of the molecule is CC(=O)Nc1ccc(C)c(NCC2CCCCC2)c1. The van der Waals surface area contributed by atoms with Crippen LogP contribution in [0.1, 0.15) is 44.6 Å². The first-order valence-electron chi connectivity index (χ1n) is 7.27. The predicted molar refractivity (Wildman–Crippen MR) is 80.5 cm³/mol. The van der Waals surface area contributed by atoms with E-state index in [4.69, 9.17) is 0 Å². The van der Waals surface area contributed by atoms with Crippen LogP contribution in [0.2, 0.25) is 0 Å². The Bertz CT molecular complexity index is 436. The van der Waals surface area contributed by atoms with Crippen molar-refractivity contribution < 1.29 is 4.79 Å². The quantitative estimate of drug-likeness (QED) is 0.860. The van der Waals surface area contributed by atoms with Crippen molar-refractivity contribution in [2.45, 2.75) is 46.0 Å². The van der Waals surface area contributed by atoms with Crippen LogP contribution in [0.3, 0.4) is 0 Å². The third-order valence-corrected chi connectivity index (χ3v) is 3.86. The summed E-state index contributed by atoms with van der Waals surface area (Å²) in [7, 11) is 0. The van der Waals surface area contributed by atoms with E-state index in [1.807, 2.05) is 12.1 Å². The number of carbonyl (C=O) groups excluding carboxylic acids is 1. The van der Waals surface area contributed by atoms with Gasteiger partial charge in [-0.1, -0.05) is 25.3 Å². The fourth-order valence-electron chi connectivity index (χ4n) is 2.74. The third-order valence-electron chi connectivity index (χ3n) is 3.86. The highest BCUT2D eigenvalue weighted by molar-refractivity contribution is 5.89. The number of nitrogens with one attached hydrogen (secondary N) is 2. The Balaban J connectivity index is 1.95. The van der Waals surface area contributed by atoms with Crippen molar-refractivity contribution >= 4 is 17.3 Å². The second-order valence-electron chi connectivity index (χ2n) is 5.60. The molecule has 2 rings (SSSR count). The molecule has 1 aliphatic carbocycles. The van der Waals surface area contributed by atoms with Crippen LogP contribution in [0, 0.1) is 12.8 Å². The number of carbonyl (C=O) groups is 1. The van der Waals surface area contributed by atoms with E-state index in [2.05, 4.69) is 23.6 Å². The molecule has 1 fully saturated rings. The van der Waals surface area contributed by atoms with Crippen LogP contribution in [-0.4, -0.2) is 12.5 Å². The maximum atomic E-state index is 11.1. The molecule has 3 nitrogen and oxygen atoms in total. The zero-order valence-corrected chi connectivity index (χ0v) is 12.0. The van der Waals surface area contributed by atoms with Gasteiger partial charge in [0.1, 0.15) is 0 Å². The van der Waals surface area contributed by atoms with E-state index in [0.29, 0.717) is 0 Å². The van der Waals surface area contributed by atoms with Gasteiger partial charge in [-0.15, -0.1) is 0 Å². The molecule has 0 aromatic heterocycles. The molecule has 0 bridgehead atoms. The van der Waals surface area contributed by atoms with E-state index in [1.165, 1.54) is 44.6 Å². The van der Waals surface area contributed by atoms with Gasteiger partial charge in [-0.25, -0.2) is 0 Å². The summed E-state index contributed by atoms with van der Waals surface area (Å²) in [5.41, 5.74) is 3.23. The molecule has 1 aromatic carbocycles. The minimum atomic E-state index is -0.0258. The third kappa shape index (κ3) is 4.27. The maximum absolute atomic E-state index is 11.1. The van der Waals surface area contributed by atoms with E-state index in [1.54, 1.807) is 0 Å². The molecule has 0 aliphatic heterocycles. The lowest BCUT2D eigenvalue weighted by Crippen LogP contribution is -2.17. The molecule has 0 atom stereocenters. The number of hydrogen-bond donors (Lipinski definition) is 2. The second-order valence-corrected chi connectivity index (χ2v) is 5.60. The molecular weight excluding hydrogens is 236 g/mol. The number of hydrogen-bond acceptors (Lipinski definition) is 2. The largest absolute Gasteiger partial charge is 0.384 e.